The first-order chi connectivity index (χ1) is 9.29. The van der Waals surface area contributed by atoms with Gasteiger partial charge in [-0.3, -0.25) is 9.97 Å². The Bertz CT molecular complexity index is 485. The predicted octanol–water partition coefficient (Wildman–Crippen LogP) is 2.90. The highest BCUT2D eigenvalue weighted by Gasteiger charge is 2.09. The zero-order valence-corrected chi connectivity index (χ0v) is 11.0. The molecule has 1 unspecified atom stereocenters. The van der Waals surface area contributed by atoms with E-state index in [1.165, 1.54) is 17.8 Å². The molecule has 0 saturated carbocycles. The van der Waals surface area contributed by atoms with E-state index in [2.05, 4.69) is 22.2 Å². The Morgan fingerprint density at radius 1 is 1.21 bits per heavy atom. The second kappa shape index (κ2) is 6.95. The van der Waals surface area contributed by atoms with Crippen LogP contribution in [-0.4, -0.2) is 16.5 Å². The van der Waals surface area contributed by atoms with Crippen LogP contribution in [0.5, 0.6) is 0 Å². The summed E-state index contributed by atoms with van der Waals surface area (Å²) in [6.07, 6.45) is 6.74. The minimum absolute atomic E-state index is 0.169. The molecule has 19 heavy (non-hydrogen) atoms. The van der Waals surface area contributed by atoms with E-state index in [0.717, 1.165) is 25.1 Å². The molecule has 0 bridgehead atoms. The quantitative estimate of drug-likeness (QED) is 0.866. The molecule has 0 fully saturated rings. The Morgan fingerprint density at radius 3 is 2.63 bits per heavy atom. The summed E-state index contributed by atoms with van der Waals surface area (Å²) in [6, 6.07) is 7.39. The summed E-state index contributed by atoms with van der Waals surface area (Å²) in [7, 11) is 0. The van der Waals surface area contributed by atoms with Crippen molar-refractivity contribution in [3.05, 3.63) is 59.9 Å². The van der Waals surface area contributed by atoms with Gasteiger partial charge in [0.2, 0.25) is 0 Å². The van der Waals surface area contributed by atoms with Crippen molar-refractivity contribution in [2.24, 2.45) is 0 Å². The van der Waals surface area contributed by atoms with Gasteiger partial charge in [0.25, 0.3) is 0 Å². The summed E-state index contributed by atoms with van der Waals surface area (Å²) in [5.41, 5.74) is 2.14. The van der Waals surface area contributed by atoms with Crippen LogP contribution >= 0.6 is 0 Å². The third kappa shape index (κ3) is 4.10. The molecule has 4 heteroatoms. The Morgan fingerprint density at radius 2 is 2.00 bits per heavy atom. The van der Waals surface area contributed by atoms with E-state index in [1.807, 2.05) is 12.1 Å². The Labute approximate surface area is 112 Å². The van der Waals surface area contributed by atoms with Gasteiger partial charge in [0.05, 0.1) is 11.9 Å². The molecule has 2 aromatic heterocycles. The van der Waals surface area contributed by atoms with E-state index >= 15 is 0 Å². The Kier molecular flexibility index (Phi) is 4.98. The first-order valence-electron chi connectivity index (χ1n) is 6.53. The number of hydrogen-bond donors (Lipinski definition) is 1. The molecule has 0 spiro atoms. The molecule has 0 aromatic carbocycles. The first-order valence-corrected chi connectivity index (χ1v) is 6.53. The lowest BCUT2D eigenvalue weighted by molar-refractivity contribution is 0.508. The van der Waals surface area contributed by atoms with Gasteiger partial charge in [-0.2, -0.15) is 0 Å². The fourth-order valence-corrected chi connectivity index (χ4v) is 1.99. The zero-order valence-electron chi connectivity index (χ0n) is 11.0. The van der Waals surface area contributed by atoms with Gasteiger partial charge >= 0.3 is 0 Å². The molecule has 0 saturated heterocycles. The van der Waals surface area contributed by atoms with E-state index < -0.39 is 0 Å². The minimum Gasteiger partial charge on any atom is -0.308 e. The maximum atomic E-state index is 12.8. The van der Waals surface area contributed by atoms with Crippen LogP contribution in [0, 0.1) is 5.82 Å². The monoisotopic (exact) mass is 259 g/mol. The lowest BCUT2D eigenvalue weighted by Gasteiger charge is -2.16. The van der Waals surface area contributed by atoms with Crippen LogP contribution in [0.4, 0.5) is 4.39 Å². The van der Waals surface area contributed by atoms with Crippen LogP contribution in [0.2, 0.25) is 0 Å². The molecule has 2 aromatic rings. The molecule has 0 aliphatic carbocycles. The van der Waals surface area contributed by atoms with Crippen LogP contribution in [-0.2, 0) is 6.42 Å². The van der Waals surface area contributed by atoms with Crippen molar-refractivity contribution in [3.63, 3.8) is 0 Å². The maximum absolute atomic E-state index is 12.8. The number of halogens is 1. The summed E-state index contributed by atoms with van der Waals surface area (Å²) < 4.78 is 12.8. The highest BCUT2D eigenvalue weighted by Crippen LogP contribution is 2.14. The average molecular weight is 259 g/mol. The predicted molar refractivity (Wildman–Crippen MR) is 73.2 cm³/mol. The second-order valence-electron chi connectivity index (χ2n) is 4.42. The molecule has 0 aliphatic rings. The summed E-state index contributed by atoms with van der Waals surface area (Å²) >= 11 is 0. The number of aromatic nitrogens is 2. The van der Waals surface area contributed by atoms with Crippen molar-refractivity contribution in [3.8, 4) is 0 Å². The van der Waals surface area contributed by atoms with E-state index in [9.17, 15) is 4.39 Å². The van der Waals surface area contributed by atoms with Gasteiger partial charge in [-0.25, -0.2) is 4.39 Å². The van der Waals surface area contributed by atoms with E-state index in [-0.39, 0.29) is 11.9 Å². The zero-order chi connectivity index (χ0) is 13.5. The standard InChI is InChI=1S/C15H18FN3/c1-2-14(15-4-3-13(16)11-19-15)18-10-7-12-5-8-17-9-6-12/h3-6,8-9,11,14,18H,2,7,10H2,1H3. The number of nitrogens with zero attached hydrogens (tertiary/aromatic N) is 2. The first kappa shape index (κ1) is 13.6. The van der Waals surface area contributed by atoms with Gasteiger partial charge in [0.1, 0.15) is 5.82 Å². The van der Waals surface area contributed by atoms with Crippen LogP contribution in [0.15, 0.2) is 42.9 Å². The van der Waals surface area contributed by atoms with E-state index in [4.69, 9.17) is 0 Å². The van der Waals surface area contributed by atoms with E-state index in [0.29, 0.717) is 0 Å². The molecule has 100 valence electrons. The topological polar surface area (TPSA) is 37.8 Å². The van der Waals surface area contributed by atoms with Crippen molar-refractivity contribution in [2.75, 3.05) is 6.54 Å². The molecule has 3 nitrogen and oxygen atoms in total. The maximum Gasteiger partial charge on any atom is 0.141 e. The number of hydrogen-bond acceptors (Lipinski definition) is 3. The van der Waals surface area contributed by atoms with Crippen LogP contribution < -0.4 is 5.32 Å². The number of pyridine rings is 2. The van der Waals surface area contributed by atoms with Gasteiger partial charge in [-0.1, -0.05) is 6.92 Å². The van der Waals surface area contributed by atoms with Gasteiger partial charge in [-0.15, -0.1) is 0 Å². The Hall–Kier alpha value is -1.81. The third-order valence-electron chi connectivity index (χ3n) is 3.07. The summed E-state index contributed by atoms with van der Waals surface area (Å²) in [6.45, 7) is 2.96. The van der Waals surface area contributed by atoms with Crippen LogP contribution in [0.1, 0.15) is 30.6 Å². The number of nitrogens with one attached hydrogen (secondary N) is 1. The molecular weight excluding hydrogens is 241 g/mol. The van der Waals surface area contributed by atoms with Crippen molar-refractivity contribution in [2.45, 2.75) is 25.8 Å². The van der Waals surface area contributed by atoms with Crippen molar-refractivity contribution in [1.29, 1.82) is 0 Å². The average Bonchev–Trinajstić information content (AvgIpc) is 2.46. The molecule has 0 amide bonds. The summed E-state index contributed by atoms with van der Waals surface area (Å²) in [5.74, 6) is -0.296. The van der Waals surface area contributed by atoms with Gasteiger partial charge in [-0.05, 0) is 49.2 Å². The number of rotatable bonds is 6. The smallest absolute Gasteiger partial charge is 0.141 e. The summed E-state index contributed by atoms with van der Waals surface area (Å²) in [4.78, 5) is 8.12. The Balaban J connectivity index is 1.87. The molecule has 0 aliphatic heterocycles. The molecule has 1 atom stereocenters. The highest BCUT2D eigenvalue weighted by atomic mass is 19.1. The highest BCUT2D eigenvalue weighted by molar-refractivity contribution is 5.12. The van der Waals surface area contributed by atoms with Crippen molar-refractivity contribution >= 4 is 0 Å². The lowest BCUT2D eigenvalue weighted by atomic mass is 10.1. The van der Waals surface area contributed by atoms with Gasteiger partial charge in [0, 0.05) is 18.4 Å². The van der Waals surface area contributed by atoms with Crippen molar-refractivity contribution < 1.29 is 4.39 Å². The van der Waals surface area contributed by atoms with Gasteiger partial charge in [0.15, 0.2) is 0 Å². The molecular formula is C15H18FN3. The van der Waals surface area contributed by atoms with Crippen LogP contribution in [0.3, 0.4) is 0 Å². The van der Waals surface area contributed by atoms with Crippen LogP contribution in [0.25, 0.3) is 0 Å². The summed E-state index contributed by atoms with van der Waals surface area (Å²) in [5, 5.41) is 3.45. The molecule has 2 rings (SSSR count). The normalized spacial score (nSPS) is 12.3. The minimum atomic E-state index is -0.296. The van der Waals surface area contributed by atoms with Gasteiger partial charge < -0.3 is 5.32 Å². The van der Waals surface area contributed by atoms with E-state index in [1.54, 1.807) is 18.5 Å². The molecule has 1 N–H and O–H groups in total. The second-order valence-corrected chi connectivity index (χ2v) is 4.42. The third-order valence-corrected chi connectivity index (χ3v) is 3.07. The fourth-order valence-electron chi connectivity index (χ4n) is 1.99. The molecule has 2 heterocycles. The lowest BCUT2D eigenvalue weighted by Crippen LogP contribution is -2.24. The van der Waals surface area contributed by atoms with Crippen molar-refractivity contribution in [1.82, 2.24) is 15.3 Å². The largest absolute Gasteiger partial charge is 0.308 e. The SMILES string of the molecule is CCC(NCCc1ccncc1)c1ccc(F)cn1. The molecule has 0 radical (unpaired) electrons. The fraction of sp³-hybridized carbons (Fsp3) is 0.333.